The third-order valence-corrected chi connectivity index (χ3v) is 3.65. The van der Waals surface area contributed by atoms with Crippen molar-refractivity contribution in [1.82, 2.24) is 0 Å². The fourth-order valence-electron chi connectivity index (χ4n) is 2.10. The Labute approximate surface area is 148 Å². The van der Waals surface area contributed by atoms with Crippen LogP contribution in [0, 0.1) is 0 Å². The minimum absolute atomic E-state index is 0.274. The highest BCUT2D eigenvalue weighted by atomic mass is 16.6. The molecule has 0 aliphatic heterocycles. The number of aliphatic hydroxyl groups is 1. The molecular formula is C20H24N2O3. The van der Waals surface area contributed by atoms with Gasteiger partial charge in [-0.1, -0.05) is 24.8 Å². The largest absolute Gasteiger partial charge is 0.457 e. The van der Waals surface area contributed by atoms with E-state index in [1.54, 1.807) is 13.8 Å². The van der Waals surface area contributed by atoms with E-state index in [4.69, 9.17) is 4.74 Å². The highest BCUT2D eigenvalue weighted by Crippen LogP contribution is 2.18. The summed E-state index contributed by atoms with van der Waals surface area (Å²) in [5.41, 5.74) is 3.18. The number of anilines is 3. The molecule has 5 heteroatoms. The molecule has 3 N–H and O–H groups in total. The summed E-state index contributed by atoms with van der Waals surface area (Å²) < 4.78 is 5.11. The number of hydrogen-bond donors (Lipinski definition) is 3. The van der Waals surface area contributed by atoms with Crippen LogP contribution in [0.3, 0.4) is 0 Å². The van der Waals surface area contributed by atoms with Crippen LogP contribution in [0.4, 0.5) is 17.1 Å². The van der Waals surface area contributed by atoms with Crippen molar-refractivity contribution < 1.29 is 14.6 Å². The van der Waals surface area contributed by atoms with E-state index < -0.39 is 18.2 Å². The van der Waals surface area contributed by atoms with Gasteiger partial charge in [0.1, 0.15) is 12.2 Å². The highest BCUT2D eigenvalue weighted by Gasteiger charge is 2.18. The molecule has 2 rings (SSSR count). The molecule has 0 fully saturated rings. The van der Waals surface area contributed by atoms with Crippen LogP contribution in [-0.2, 0) is 9.53 Å². The van der Waals surface area contributed by atoms with Crippen LogP contribution in [0.1, 0.15) is 13.8 Å². The molecule has 2 unspecified atom stereocenters. The summed E-state index contributed by atoms with van der Waals surface area (Å²) in [6.45, 7) is 7.02. The summed E-state index contributed by atoms with van der Waals surface area (Å²) in [4.78, 5) is 11.5. The fourth-order valence-corrected chi connectivity index (χ4v) is 2.10. The van der Waals surface area contributed by atoms with Crippen molar-refractivity contribution in [2.75, 3.05) is 17.2 Å². The van der Waals surface area contributed by atoms with Crippen molar-refractivity contribution in [3.05, 3.63) is 66.7 Å². The lowest BCUT2D eigenvalue weighted by atomic mass is 10.2. The maximum atomic E-state index is 11.5. The molecule has 0 saturated heterocycles. The van der Waals surface area contributed by atoms with Gasteiger partial charge in [-0.3, -0.25) is 0 Å². The van der Waals surface area contributed by atoms with E-state index in [1.807, 2.05) is 54.6 Å². The number of aliphatic hydroxyl groups excluding tert-OH is 1. The number of carbonyl (C=O) groups is 1. The first-order valence-corrected chi connectivity index (χ1v) is 8.16. The van der Waals surface area contributed by atoms with Crippen LogP contribution in [0.25, 0.3) is 0 Å². The van der Waals surface area contributed by atoms with E-state index in [0.717, 1.165) is 17.1 Å². The van der Waals surface area contributed by atoms with E-state index in [2.05, 4.69) is 17.2 Å². The Kier molecular flexibility index (Phi) is 6.60. The summed E-state index contributed by atoms with van der Waals surface area (Å²) in [6.07, 6.45) is -1.43. The molecule has 132 valence electrons. The molecule has 0 radical (unpaired) electrons. The molecule has 0 aromatic heterocycles. The second-order valence-electron chi connectivity index (χ2n) is 5.91. The SMILES string of the molecule is C=C(C)C(=O)OC(C)C(O)CNc1ccc(Nc2ccccc2)cc1. The molecule has 0 amide bonds. The lowest BCUT2D eigenvalue weighted by Gasteiger charge is -2.20. The third kappa shape index (κ3) is 5.97. The fraction of sp³-hybridized carbons (Fsp3) is 0.250. The molecule has 2 atom stereocenters. The van der Waals surface area contributed by atoms with Crippen LogP contribution in [-0.4, -0.2) is 29.8 Å². The molecule has 25 heavy (non-hydrogen) atoms. The zero-order valence-electron chi connectivity index (χ0n) is 14.5. The van der Waals surface area contributed by atoms with Crippen molar-refractivity contribution in [1.29, 1.82) is 0 Å². The zero-order chi connectivity index (χ0) is 18.2. The van der Waals surface area contributed by atoms with Gasteiger partial charge in [0.25, 0.3) is 0 Å². The topological polar surface area (TPSA) is 70.6 Å². The number of benzene rings is 2. The predicted octanol–water partition coefficient (Wildman–Crippen LogP) is 3.71. The van der Waals surface area contributed by atoms with E-state index in [1.165, 1.54) is 0 Å². The van der Waals surface area contributed by atoms with Crippen LogP contribution in [0.2, 0.25) is 0 Å². The lowest BCUT2D eigenvalue weighted by molar-refractivity contribution is -0.148. The van der Waals surface area contributed by atoms with Crippen molar-refractivity contribution in [2.45, 2.75) is 26.1 Å². The third-order valence-electron chi connectivity index (χ3n) is 3.65. The Morgan fingerprint density at radius 2 is 1.64 bits per heavy atom. The van der Waals surface area contributed by atoms with Gasteiger partial charge in [-0.15, -0.1) is 0 Å². The van der Waals surface area contributed by atoms with Crippen LogP contribution in [0.5, 0.6) is 0 Å². The standard InChI is InChI=1S/C20H24N2O3/c1-14(2)20(24)25-15(3)19(23)13-21-16-9-11-18(12-10-16)22-17-7-5-4-6-8-17/h4-12,15,19,21-23H,1,13H2,2-3H3. The summed E-state index contributed by atoms with van der Waals surface area (Å²) in [7, 11) is 0. The van der Waals surface area contributed by atoms with Crippen molar-refractivity contribution >= 4 is 23.0 Å². The van der Waals surface area contributed by atoms with Crippen molar-refractivity contribution in [3.8, 4) is 0 Å². The molecule has 0 heterocycles. The molecule has 0 aliphatic carbocycles. The smallest absolute Gasteiger partial charge is 0.333 e. The Bertz CT molecular complexity index is 699. The molecule has 5 nitrogen and oxygen atoms in total. The van der Waals surface area contributed by atoms with E-state index >= 15 is 0 Å². The maximum absolute atomic E-state index is 11.5. The van der Waals surface area contributed by atoms with Crippen LogP contribution >= 0.6 is 0 Å². The first-order chi connectivity index (χ1) is 12.0. The van der Waals surface area contributed by atoms with Gasteiger partial charge in [-0.25, -0.2) is 4.79 Å². The lowest BCUT2D eigenvalue weighted by Crippen LogP contribution is -2.34. The number of nitrogens with one attached hydrogen (secondary N) is 2. The first kappa shape index (κ1) is 18.5. The Balaban J connectivity index is 1.82. The Morgan fingerprint density at radius 1 is 1.08 bits per heavy atom. The summed E-state index contributed by atoms with van der Waals surface area (Å²) >= 11 is 0. The predicted molar refractivity (Wildman–Crippen MR) is 101 cm³/mol. The Morgan fingerprint density at radius 3 is 2.24 bits per heavy atom. The van der Waals surface area contributed by atoms with Crippen molar-refractivity contribution in [2.24, 2.45) is 0 Å². The minimum atomic E-state index is -0.814. The average Bonchev–Trinajstić information content (AvgIpc) is 2.61. The zero-order valence-corrected chi connectivity index (χ0v) is 14.5. The second kappa shape index (κ2) is 8.89. The molecule has 0 aliphatic rings. The van der Waals surface area contributed by atoms with Gasteiger partial charge in [-0.2, -0.15) is 0 Å². The Hall–Kier alpha value is -2.79. The summed E-state index contributed by atoms with van der Waals surface area (Å²) in [5.74, 6) is -0.497. The van der Waals surface area contributed by atoms with Crippen LogP contribution < -0.4 is 10.6 Å². The van der Waals surface area contributed by atoms with E-state index in [-0.39, 0.29) is 6.54 Å². The molecule has 2 aromatic carbocycles. The van der Waals surface area contributed by atoms with Gasteiger partial charge < -0.3 is 20.5 Å². The van der Waals surface area contributed by atoms with Crippen LogP contribution in [0.15, 0.2) is 66.7 Å². The normalized spacial score (nSPS) is 12.8. The first-order valence-electron chi connectivity index (χ1n) is 8.16. The quantitative estimate of drug-likeness (QED) is 0.505. The number of para-hydroxylation sites is 1. The number of hydrogen-bond acceptors (Lipinski definition) is 5. The maximum Gasteiger partial charge on any atom is 0.333 e. The monoisotopic (exact) mass is 340 g/mol. The molecule has 0 spiro atoms. The second-order valence-corrected chi connectivity index (χ2v) is 5.91. The number of esters is 1. The van der Waals surface area contributed by atoms with Gasteiger partial charge >= 0.3 is 5.97 Å². The van der Waals surface area contributed by atoms with Gasteiger partial charge in [0, 0.05) is 29.2 Å². The van der Waals surface area contributed by atoms with E-state index in [9.17, 15) is 9.90 Å². The van der Waals surface area contributed by atoms with Gasteiger partial charge in [0.2, 0.25) is 0 Å². The van der Waals surface area contributed by atoms with Gasteiger partial charge in [-0.05, 0) is 50.2 Å². The molecular weight excluding hydrogens is 316 g/mol. The molecule has 0 bridgehead atoms. The molecule has 2 aromatic rings. The number of ether oxygens (including phenoxy) is 1. The van der Waals surface area contributed by atoms with Crippen molar-refractivity contribution in [3.63, 3.8) is 0 Å². The average molecular weight is 340 g/mol. The van der Waals surface area contributed by atoms with Gasteiger partial charge in [0.15, 0.2) is 0 Å². The van der Waals surface area contributed by atoms with E-state index in [0.29, 0.717) is 5.57 Å². The highest BCUT2D eigenvalue weighted by molar-refractivity contribution is 5.87. The van der Waals surface area contributed by atoms with Gasteiger partial charge in [0.05, 0.1) is 0 Å². The summed E-state index contributed by atoms with van der Waals surface area (Å²) in [5, 5.41) is 16.5. The number of rotatable bonds is 8. The minimum Gasteiger partial charge on any atom is -0.457 e. The number of carbonyl (C=O) groups excluding carboxylic acids is 1. The summed E-state index contributed by atoms with van der Waals surface area (Å²) in [6, 6.07) is 17.6. The molecule has 0 saturated carbocycles.